The number of ether oxygens (including phenoxy) is 1. The number of anilines is 3. The molecule has 0 aliphatic carbocycles. The van der Waals surface area contributed by atoms with Gasteiger partial charge in [-0.3, -0.25) is 4.79 Å². The molecular formula is C23H29FN6O2. The van der Waals surface area contributed by atoms with Crippen molar-refractivity contribution in [3.05, 3.63) is 41.8 Å². The second kappa shape index (κ2) is 10.9. The van der Waals surface area contributed by atoms with Gasteiger partial charge in [0, 0.05) is 45.8 Å². The molecule has 1 aromatic carbocycles. The second-order valence-corrected chi connectivity index (χ2v) is 7.77. The Morgan fingerprint density at radius 1 is 1.38 bits per heavy atom. The molecule has 0 saturated carbocycles. The molecule has 0 spiro atoms. The first-order valence-corrected chi connectivity index (χ1v) is 10.6. The monoisotopic (exact) mass is 440 g/mol. The van der Waals surface area contributed by atoms with Crippen LogP contribution < -0.4 is 21.3 Å². The molecule has 1 amide bonds. The average Bonchev–Trinajstić information content (AvgIpc) is 3.20. The van der Waals surface area contributed by atoms with Crippen LogP contribution in [0.15, 0.2) is 30.5 Å². The molecule has 0 radical (unpaired) electrons. The molecule has 2 aromatic rings. The van der Waals surface area contributed by atoms with Crippen molar-refractivity contribution in [2.45, 2.75) is 37.8 Å². The van der Waals surface area contributed by atoms with E-state index in [2.05, 4.69) is 43.1 Å². The maximum absolute atomic E-state index is 13.0. The Morgan fingerprint density at radius 3 is 2.84 bits per heavy atom. The fraction of sp³-hybridized carbons (Fsp3) is 0.435. The van der Waals surface area contributed by atoms with Gasteiger partial charge in [-0.2, -0.15) is 4.98 Å². The quantitative estimate of drug-likeness (QED) is 0.370. The van der Waals surface area contributed by atoms with Gasteiger partial charge in [-0.05, 0) is 37.6 Å². The number of nitrogens with one attached hydrogen (secondary N) is 4. The SMILES string of the molecule is CNc1nc(Nc2ccc(F)cc2)ncc1C#CCCCNC(=O)[C@]1(C)C[C@@H](OC)CN1. The number of rotatable bonds is 8. The Balaban J connectivity index is 1.47. The topological polar surface area (TPSA) is 100 Å². The molecule has 1 fully saturated rings. The summed E-state index contributed by atoms with van der Waals surface area (Å²) in [6, 6.07) is 5.96. The van der Waals surface area contributed by atoms with Crippen molar-refractivity contribution in [1.29, 1.82) is 0 Å². The van der Waals surface area contributed by atoms with Gasteiger partial charge in [-0.1, -0.05) is 11.8 Å². The van der Waals surface area contributed by atoms with Crippen LogP contribution >= 0.6 is 0 Å². The predicted molar refractivity (Wildman–Crippen MR) is 122 cm³/mol. The van der Waals surface area contributed by atoms with Gasteiger partial charge >= 0.3 is 0 Å². The molecule has 9 heteroatoms. The molecule has 2 heterocycles. The van der Waals surface area contributed by atoms with Crippen LogP contribution in [0.2, 0.25) is 0 Å². The van der Waals surface area contributed by atoms with E-state index in [0.29, 0.717) is 48.9 Å². The van der Waals surface area contributed by atoms with E-state index in [1.807, 2.05) is 6.92 Å². The molecule has 4 N–H and O–H groups in total. The first-order chi connectivity index (χ1) is 15.4. The minimum atomic E-state index is -0.588. The maximum atomic E-state index is 13.0. The normalized spacial score (nSPS) is 19.7. The Morgan fingerprint density at radius 2 is 2.16 bits per heavy atom. The van der Waals surface area contributed by atoms with E-state index in [1.165, 1.54) is 12.1 Å². The number of nitrogens with zero attached hydrogens (tertiary/aromatic N) is 2. The Bertz CT molecular complexity index is 988. The van der Waals surface area contributed by atoms with E-state index < -0.39 is 5.54 Å². The second-order valence-electron chi connectivity index (χ2n) is 7.77. The van der Waals surface area contributed by atoms with Gasteiger partial charge in [-0.15, -0.1) is 0 Å². The van der Waals surface area contributed by atoms with Gasteiger partial charge in [-0.25, -0.2) is 9.37 Å². The van der Waals surface area contributed by atoms with Crippen LogP contribution in [0.3, 0.4) is 0 Å². The summed E-state index contributed by atoms with van der Waals surface area (Å²) in [7, 11) is 3.42. The van der Waals surface area contributed by atoms with Gasteiger partial charge in [0.2, 0.25) is 11.9 Å². The Labute approximate surface area is 187 Å². The molecule has 32 heavy (non-hydrogen) atoms. The van der Waals surface area contributed by atoms with Crippen LogP contribution in [-0.4, -0.2) is 54.8 Å². The van der Waals surface area contributed by atoms with Crippen molar-refractivity contribution in [3.63, 3.8) is 0 Å². The van der Waals surface area contributed by atoms with Crippen molar-refractivity contribution in [2.24, 2.45) is 0 Å². The number of unbranched alkanes of at least 4 members (excludes halogenated alkanes) is 1. The smallest absolute Gasteiger partial charge is 0.240 e. The highest BCUT2D eigenvalue weighted by Crippen LogP contribution is 2.21. The van der Waals surface area contributed by atoms with Crippen molar-refractivity contribution in [2.75, 3.05) is 37.9 Å². The summed E-state index contributed by atoms with van der Waals surface area (Å²) in [5.41, 5.74) is 0.776. The molecule has 0 bridgehead atoms. The molecule has 0 unspecified atom stereocenters. The zero-order chi connectivity index (χ0) is 23.0. The van der Waals surface area contributed by atoms with E-state index in [9.17, 15) is 9.18 Å². The van der Waals surface area contributed by atoms with E-state index in [0.717, 1.165) is 6.42 Å². The number of hydrogen-bond donors (Lipinski definition) is 4. The highest BCUT2D eigenvalue weighted by atomic mass is 19.1. The molecule has 1 aromatic heterocycles. The summed E-state index contributed by atoms with van der Waals surface area (Å²) < 4.78 is 18.4. The number of carbonyl (C=O) groups excluding carboxylic acids is 1. The summed E-state index contributed by atoms with van der Waals surface area (Å²) in [6.45, 7) is 3.13. The van der Waals surface area contributed by atoms with Crippen molar-refractivity contribution in [3.8, 4) is 11.8 Å². The lowest BCUT2D eigenvalue weighted by molar-refractivity contribution is -0.126. The Hall–Kier alpha value is -3.22. The van der Waals surface area contributed by atoms with Crippen molar-refractivity contribution >= 4 is 23.4 Å². The lowest BCUT2D eigenvalue weighted by Gasteiger charge is -2.23. The molecular weight excluding hydrogens is 411 g/mol. The molecule has 1 saturated heterocycles. The Kier molecular flexibility index (Phi) is 7.98. The maximum Gasteiger partial charge on any atom is 0.240 e. The highest BCUT2D eigenvalue weighted by molar-refractivity contribution is 5.86. The van der Waals surface area contributed by atoms with Gasteiger partial charge < -0.3 is 26.0 Å². The number of amides is 1. The van der Waals surface area contributed by atoms with Crippen LogP contribution in [0.25, 0.3) is 0 Å². The van der Waals surface area contributed by atoms with Crippen molar-refractivity contribution < 1.29 is 13.9 Å². The molecule has 1 aliphatic rings. The van der Waals surface area contributed by atoms with Gasteiger partial charge in [0.15, 0.2) is 0 Å². The summed E-state index contributed by atoms with van der Waals surface area (Å²) in [4.78, 5) is 21.1. The van der Waals surface area contributed by atoms with E-state index in [4.69, 9.17) is 4.74 Å². The number of carbonyl (C=O) groups is 1. The standard InChI is InChI=1S/C23H29FN6O2/c1-23(13-19(32-3)15-28-23)21(31)26-12-6-4-5-7-16-14-27-22(30-20(16)25-2)29-18-10-8-17(24)9-11-18/h8-11,14,19,28H,4,6,12-13,15H2,1-3H3,(H,26,31)(H2,25,27,29,30)/t19-,23+/m1/s1. The first-order valence-electron chi connectivity index (χ1n) is 10.6. The number of benzene rings is 1. The third-order valence-corrected chi connectivity index (χ3v) is 5.30. The zero-order valence-electron chi connectivity index (χ0n) is 18.6. The van der Waals surface area contributed by atoms with Crippen LogP contribution in [0.5, 0.6) is 0 Å². The van der Waals surface area contributed by atoms with Crippen LogP contribution in [0, 0.1) is 17.7 Å². The molecule has 3 rings (SSSR count). The highest BCUT2D eigenvalue weighted by Gasteiger charge is 2.40. The summed E-state index contributed by atoms with van der Waals surface area (Å²) >= 11 is 0. The molecule has 170 valence electrons. The first kappa shape index (κ1) is 23.4. The predicted octanol–water partition coefficient (Wildman–Crippen LogP) is 2.42. The third-order valence-electron chi connectivity index (χ3n) is 5.30. The lowest BCUT2D eigenvalue weighted by Crippen LogP contribution is -2.51. The summed E-state index contributed by atoms with van der Waals surface area (Å²) in [5.74, 6) is 6.84. The number of halogens is 1. The van der Waals surface area contributed by atoms with Gasteiger partial charge in [0.1, 0.15) is 11.6 Å². The lowest BCUT2D eigenvalue weighted by atomic mass is 9.98. The fourth-order valence-corrected chi connectivity index (χ4v) is 3.40. The number of methoxy groups -OCH3 is 1. The third kappa shape index (κ3) is 6.15. The van der Waals surface area contributed by atoms with Gasteiger partial charge in [0.05, 0.1) is 23.4 Å². The van der Waals surface area contributed by atoms with E-state index >= 15 is 0 Å². The fourth-order valence-electron chi connectivity index (χ4n) is 3.40. The van der Waals surface area contributed by atoms with Crippen LogP contribution in [0.4, 0.5) is 21.8 Å². The minimum absolute atomic E-state index is 0.0138. The zero-order valence-corrected chi connectivity index (χ0v) is 18.6. The van der Waals surface area contributed by atoms with Crippen LogP contribution in [-0.2, 0) is 9.53 Å². The van der Waals surface area contributed by atoms with Crippen LogP contribution in [0.1, 0.15) is 31.7 Å². The number of hydrogen-bond acceptors (Lipinski definition) is 7. The molecule has 8 nitrogen and oxygen atoms in total. The number of aromatic nitrogens is 2. The van der Waals surface area contributed by atoms with E-state index in [-0.39, 0.29) is 17.8 Å². The summed E-state index contributed by atoms with van der Waals surface area (Å²) in [6.07, 6.45) is 3.73. The summed E-state index contributed by atoms with van der Waals surface area (Å²) in [5, 5.41) is 12.2. The van der Waals surface area contributed by atoms with Gasteiger partial charge in [0.25, 0.3) is 0 Å². The average molecular weight is 441 g/mol. The minimum Gasteiger partial charge on any atom is -0.380 e. The van der Waals surface area contributed by atoms with Crippen molar-refractivity contribution in [1.82, 2.24) is 20.6 Å². The molecule has 1 aliphatic heterocycles. The van der Waals surface area contributed by atoms with E-state index in [1.54, 1.807) is 32.5 Å². The largest absolute Gasteiger partial charge is 0.380 e. The molecule has 2 atom stereocenters.